The van der Waals surface area contributed by atoms with Crippen LogP contribution < -0.4 is 0 Å². The number of hydrogen-bond donors (Lipinski definition) is 0. The Morgan fingerprint density at radius 2 is 1.14 bits per heavy atom. The first-order chi connectivity index (χ1) is 10.1. The smallest absolute Gasteiger partial charge is 0.161 e. The second-order valence-corrected chi connectivity index (χ2v) is 5.67. The van der Waals surface area contributed by atoms with Crippen LogP contribution in [0.1, 0.15) is 0 Å². The summed E-state index contributed by atoms with van der Waals surface area (Å²) in [5.41, 5.74) is 2.53. The third-order valence-corrected chi connectivity index (χ3v) is 3.63. The molecule has 3 aromatic rings. The van der Waals surface area contributed by atoms with Gasteiger partial charge < -0.3 is 0 Å². The molecule has 2 aromatic carbocycles. The van der Waals surface area contributed by atoms with Gasteiger partial charge in [-0.2, -0.15) is 0 Å². The van der Waals surface area contributed by atoms with Crippen LogP contribution in [0.2, 0.25) is 15.2 Å². The minimum atomic E-state index is 0.389. The van der Waals surface area contributed by atoms with E-state index in [0.717, 1.165) is 16.8 Å². The van der Waals surface area contributed by atoms with Gasteiger partial charge in [-0.25, -0.2) is 9.97 Å². The molecule has 0 amide bonds. The van der Waals surface area contributed by atoms with Gasteiger partial charge in [0.05, 0.1) is 5.69 Å². The molecule has 0 saturated carbocycles. The Hall–Kier alpha value is -1.61. The van der Waals surface area contributed by atoms with Crippen molar-refractivity contribution in [1.29, 1.82) is 0 Å². The summed E-state index contributed by atoms with van der Waals surface area (Å²) in [6.07, 6.45) is 0. The molecule has 0 aliphatic rings. The van der Waals surface area contributed by atoms with Crippen LogP contribution in [0.4, 0.5) is 0 Å². The molecule has 1 heterocycles. The second-order valence-electron chi connectivity index (χ2n) is 4.41. The van der Waals surface area contributed by atoms with Gasteiger partial charge >= 0.3 is 0 Å². The standard InChI is InChI=1S/C16H9Cl3N2/c17-12-5-1-10(2-6-12)14-9-15(19)21-16(20-14)11-3-7-13(18)8-4-11/h1-9H. The van der Waals surface area contributed by atoms with Crippen molar-refractivity contribution in [3.63, 3.8) is 0 Å². The summed E-state index contributed by atoms with van der Waals surface area (Å²) in [5.74, 6) is 0.559. The third-order valence-electron chi connectivity index (χ3n) is 2.94. The molecule has 5 heteroatoms. The predicted octanol–water partition coefficient (Wildman–Crippen LogP) is 5.77. The van der Waals surface area contributed by atoms with Crippen LogP contribution in [0.5, 0.6) is 0 Å². The van der Waals surface area contributed by atoms with Gasteiger partial charge in [0.25, 0.3) is 0 Å². The molecule has 3 rings (SSSR count). The van der Waals surface area contributed by atoms with Crippen LogP contribution in [-0.2, 0) is 0 Å². The van der Waals surface area contributed by atoms with Crippen LogP contribution >= 0.6 is 34.8 Å². The summed E-state index contributed by atoms with van der Waals surface area (Å²) in [5, 5.41) is 1.73. The zero-order chi connectivity index (χ0) is 14.8. The topological polar surface area (TPSA) is 25.8 Å². The van der Waals surface area contributed by atoms with Crippen molar-refractivity contribution in [1.82, 2.24) is 9.97 Å². The maximum absolute atomic E-state index is 6.11. The number of nitrogens with zero attached hydrogens (tertiary/aromatic N) is 2. The average molecular weight is 336 g/mol. The quantitative estimate of drug-likeness (QED) is 0.555. The van der Waals surface area contributed by atoms with Crippen LogP contribution in [0, 0.1) is 0 Å². The van der Waals surface area contributed by atoms with E-state index < -0.39 is 0 Å². The molecule has 0 atom stereocenters. The maximum Gasteiger partial charge on any atom is 0.161 e. The highest BCUT2D eigenvalue weighted by Crippen LogP contribution is 2.26. The highest BCUT2D eigenvalue weighted by Gasteiger charge is 2.08. The summed E-state index contributed by atoms with van der Waals surface area (Å²) < 4.78 is 0. The van der Waals surface area contributed by atoms with Gasteiger partial charge in [0.1, 0.15) is 5.15 Å². The number of halogens is 3. The summed E-state index contributed by atoms with van der Waals surface area (Å²) in [6.45, 7) is 0. The van der Waals surface area contributed by atoms with E-state index in [9.17, 15) is 0 Å². The van der Waals surface area contributed by atoms with Crippen LogP contribution in [0.3, 0.4) is 0 Å². The summed E-state index contributed by atoms with van der Waals surface area (Å²) in [7, 11) is 0. The van der Waals surface area contributed by atoms with Gasteiger partial charge in [-0.05, 0) is 36.4 Å². The maximum atomic E-state index is 6.11. The molecule has 0 aliphatic heterocycles. The summed E-state index contributed by atoms with van der Waals surface area (Å²) in [6, 6.07) is 16.5. The summed E-state index contributed by atoms with van der Waals surface area (Å²) >= 11 is 17.9. The first kappa shape index (κ1) is 14.3. The number of aromatic nitrogens is 2. The van der Waals surface area contributed by atoms with Crippen LogP contribution in [0.25, 0.3) is 22.6 Å². The summed E-state index contributed by atoms with van der Waals surface area (Å²) in [4.78, 5) is 8.81. The van der Waals surface area contributed by atoms with E-state index in [4.69, 9.17) is 34.8 Å². The molecule has 2 nitrogen and oxygen atoms in total. The van der Waals surface area contributed by atoms with E-state index in [2.05, 4.69) is 9.97 Å². The van der Waals surface area contributed by atoms with Crippen molar-refractivity contribution < 1.29 is 0 Å². The Kier molecular flexibility index (Phi) is 4.11. The van der Waals surface area contributed by atoms with E-state index in [-0.39, 0.29) is 0 Å². The lowest BCUT2D eigenvalue weighted by Crippen LogP contribution is -1.93. The van der Waals surface area contributed by atoms with Crippen molar-refractivity contribution >= 4 is 34.8 Å². The Morgan fingerprint density at radius 3 is 1.71 bits per heavy atom. The van der Waals surface area contributed by atoms with E-state index in [1.165, 1.54) is 0 Å². The first-order valence-electron chi connectivity index (χ1n) is 6.18. The number of hydrogen-bond acceptors (Lipinski definition) is 2. The molecule has 1 aromatic heterocycles. The van der Waals surface area contributed by atoms with Gasteiger partial charge in [0.15, 0.2) is 5.82 Å². The SMILES string of the molecule is Clc1ccc(-c2cc(Cl)nc(-c3ccc(Cl)cc3)n2)cc1. The molecule has 0 radical (unpaired) electrons. The van der Waals surface area contributed by atoms with E-state index >= 15 is 0 Å². The lowest BCUT2D eigenvalue weighted by atomic mass is 10.1. The van der Waals surface area contributed by atoms with Gasteiger partial charge in [-0.1, -0.05) is 46.9 Å². The monoisotopic (exact) mass is 334 g/mol. The third kappa shape index (κ3) is 3.35. The Labute approximate surface area is 137 Å². The van der Waals surface area contributed by atoms with Crippen molar-refractivity contribution in [2.75, 3.05) is 0 Å². The lowest BCUT2D eigenvalue weighted by molar-refractivity contribution is 1.18. The van der Waals surface area contributed by atoms with E-state index in [0.29, 0.717) is 21.0 Å². The Morgan fingerprint density at radius 1 is 0.619 bits per heavy atom. The van der Waals surface area contributed by atoms with Gasteiger partial charge in [0, 0.05) is 27.2 Å². The normalized spacial score (nSPS) is 10.6. The molecule has 0 bridgehead atoms. The highest BCUT2D eigenvalue weighted by atomic mass is 35.5. The van der Waals surface area contributed by atoms with Crippen molar-refractivity contribution in [2.24, 2.45) is 0 Å². The molecule has 0 saturated heterocycles. The van der Waals surface area contributed by atoms with Gasteiger partial charge in [-0.3, -0.25) is 0 Å². The fraction of sp³-hybridized carbons (Fsp3) is 0. The Bertz CT molecular complexity index is 705. The zero-order valence-electron chi connectivity index (χ0n) is 10.7. The fourth-order valence-corrected chi connectivity index (χ4v) is 2.35. The molecule has 0 unspecified atom stereocenters. The second kappa shape index (κ2) is 6.02. The molecular weight excluding hydrogens is 327 g/mol. The van der Waals surface area contributed by atoms with Gasteiger partial charge in [-0.15, -0.1) is 0 Å². The molecule has 21 heavy (non-hydrogen) atoms. The van der Waals surface area contributed by atoms with Crippen LogP contribution in [0.15, 0.2) is 54.6 Å². The highest BCUT2D eigenvalue weighted by molar-refractivity contribution is 6.31. The van der Waals surface area contributed by atoms with Crippen molar-refractivity contribution in [2.45, 2.75) is 0 Å². The van der Waals surface area contributed by atoms with Crippen molar-refractivity contribution in [3.05, 3.63) is 69.8 Å². The first-order valence-corrected chi connectivity index (χ1v) is 7.32. The molecule has 0 N–H and O–H groups in total. The predicted molar refractivity (Wildman–Crippen MR) is 87.9 cm³/mol. The van der Waals surface area contributed by atoms with Gasteiger partial charge in [0.2, 0.25) is 0 Å². The average Bonchev–Trinajstić information content (AvgIpc) is 2.48. The number of benzene rings is 2. The molecule has 104 valence electrons. The molecule has 0 fully saturated rings. The largest absolute Gasteiger partial charge is 0.228 e. The van der Waals surface area contributed by atoms with E-state index in [1.54, 1.807) is 18.2 Å². The molecule has 0 aliphatic carbocycles. The molecule has 0 spiro atoms. The Balaban J connectivity index is 2.07. The minimum absolute atomic E-state index is 0.389. The fourth-order valence-electron chi connectivity index (χ4n) is 1.91. The van der Waals surface area contributed by atoms with Crippen molar-refractivity contribution in [3.8, 4) is 22.6 Å². The van der Waals surface area contributed by atoms with E-state index in [1.807, 2.05) is 36.4 Å². The lowest BCUT2D eigenvalue weighted by Gasteiger charge is -2.06. The zero-order valence-corrected chi connectivity index (χ0v) is 13.0. The molecular formula is C16H9Cl3N2. The minimum Gasteiger partial charge on any atom is -0.228 e. The number of rotatable bonds is 2. The van der Waals surface area contributed by atoms with Crippen LogP contribution in [-0.4, -0.2) is 9.97 Å².